The molecule has 5 atom stereocenters. The SMILES string of the molecule is C=CCn1c(-c2ccccc2)nn([C@@H]2O[C@H](CO)[C@H](O)[C@H](O)[C@H]2NC(C)=O)c1=S. The van der Waals surface area contributed by atoms with Crippen LogP contribution in [0.5, 0.6) is 0 Å². The molecule has 0 bridgehead atoms. The molecule has 0 saturated carbocycles. The number of benzene rings is 1. The van der Waals surface area contributed by atoms with Crippen LogP contribution in [0.15, 0.2) is 43.0 Å². The van der Waals surface area contributed by atoms with Crippen molar-refractivity contribution >= 4 is 18.1 Å². The number of rotatable bonds is 6. The summed E-state index contributed by atoms with van der Waals surface area (Å²) >= 11 is 5.58. The van der Waals surface area contributed by atoms with E-state index in [-0.39, 0.29) is 4.77 Å². The average molecular weight is 420 g/mol. The van der Waals surface area contributed by atoms with E-state index in [0.29, 0.717) is 12.4 Å². The molecule has 1 saturated heterocycles. The molecule has 4 N–H and O–H groups in total. The second kappa shape index (κ2) is 8.97. The minimum absolute atomic E-state index is 0.282. The number of allylic oxidation sites excluding steroid dienone is 1. The molecule has 2 heterocycles. The lowest BCUT2D eigenvalue weighted by atomic mass is 9.96. The summed E-state index contributed by atoms with van der Waals surface area (Å²) in [7, 11) is 0. The Balaban J connectivity index is 2.12. The van der Waals surface area contributed by atoms with Gasteiger partial charge in [0.05, 0.1) is 6.61 Å². The van der Waals surface area contributed by atoms with Crippen molar-refractivity contribution in [1.82, 2.24) is 19.7 Å². The summed E-state index contributed by atoms with van der Waals surface area (Å²) in [5, 5.41) is 37.5. The van der Waals surface area contributed by atoms with E-state index in [1.165, 1.54) is 11.6 Å². The lowest BCUT2D eigenvalue weighted by Gasteiger charge is -2.42. The molecule has 0 aliphatic carbocycles. The fourth-order valence-corrected chi connectivity index (χ4v) is 3.68. The first-order valence-corrected chi connectivity index (χ1v) is 9.55. The first kappa shape index (κ1) is 21.3. The van der Waals surface area contributed by atoms with Gasteiger partial charge in [0.15, 0.2) is 12.1 Å². The van der Waals surface area contributed by atoms with Gasteiger partial charge in [-0.3, -0.25) is 9.36 Å². The van der Waals surface area contributed by atoms with E-state index >= 15 is 0 Å². The maximum atomic E-state index is 11.7. The van der Waals surface area contributed by atoms with E-state index in [4.69, 9.17) is 17.0 Å². The van der Waals surface area contributed by atoms with Crippen molar-refractivity contribution in [3.05, 3.63) is 47.8 Å². The van der Waals surface area contributed by atoms with Crippen molar-refractivity contribution in [3.8, 4) is 11.4 Å². The van der Waals surface area contributed by atoms with Crippen molar-refractivity contribution in [2.75, 3.05) is 6.61 Å². The summed E-state index contributed by atoms with van der Waals surface area (Å²) < 4.78 is 9.20. The van der Waals surface area contributed by atoms with Crippen LogP contribution in [-0.4, -0.2) is 66.5 Å². The Kier molecular flexibility index (Phi) is 6.60. The van der Waals surface area contributed by atoms with Crippen molar-refractivity contribution in [2.24, 2.45) is 0 Å². The number of carbonyl (C=O) groups excluding carboxylic acids is 1. The lowest BCUT2D eigenvalue weighted by Crippen LogP contribution is -2.62. The highest BCUT2D eigenvalue weighted by Gasteiger charge is 2.46. The summed E-state index contributed by atoms with van der Waals surface area (Å²) in [6.07, 6.45) is -3.19. The standard InChI is InChI=1S/C19H24N4O5S/c1-3-9-22-17(12-7-5-4-6-8-12)21-23(19(22)29)18-14(20-11(2)25)16(27)15(26)13(10-24)28-18/h3-8,13-16,18,24,26-27H,1,9-10H2,2H3,(H,20,25)/t13-,14-,15+,16-,18-/m1/s1. The molecule has 0 unspecified atom stereocenters. The molecule has 156 valence electrons. The van der Waals surface area contributed by atoms with Crippen LogP contribution in [0.25, 0.3) is 11.4 Å². The van der Waals surface area contributed by atoms with Gasteiger partial charge in [-0.05, 0) is 12.2 Å². The molecular weight excluding hydrogens is 396 g/mol. The molecule has 9 nitrogen and oxygen atoms in total. The van der Waals surface area contributed by atoms with Crippen molar-refractivity contribution in [1.29, 1.82) is 0 Å². The van der Waals surface area contributed by atoms with Crippen LogP contribution in [-0.2, 0) is 16.1 Å². The number of aromatic nitrogens is 3. The fraction of sp³-hybridized carbons (Fsp3) is 0.421. The lowest BCUT2D eigenvalue weighted by molar-refractivity contribution is -0.219. The fourth-order valence-electron chi connectivity index (χ4n) is 3.37. The second-order valence-electron chi connectivity index (χ2n) is 6.77. The zero-order chi connectivity index (χ0) is 21.1. The third kappa shape index (κ3) is 4.16. The Morgan fingerprint density at radius 2 is 2.03 bits per heavy atom. The number of aliphatic hydroxyl groups is 3. The van der Waals surface area contributed by atoms with Gasteiger partial charge in [0, 0.05) is 19.0 Å². The van der Waals surface area contributed by atoms with Gasteiger partial charge in [0.25, 0.3) is 0 Å². The van der Waals surface area contributed by atoms with Gasteiger partial charge >= 0.3 is 0 Å². The summed E-state index contributed by atoms with van der Waals surface area (Å²) in [4.78, 5) is 11.7. The first-order chi connectivity index (χ1) is 13.9. The third-order valence-corrected chi connectivity index (χ3v) is 5.15. The van der Waals surface area contributed by atoms with Crippen LogP contribution in [0.4, 0.5) is 0 Å². The van der Waals surface area contributed by atoms with Crippen molar-refractivity contribution in [2.45, 2.75) is 44.1 Å². The molecule has 3 rings (SSSR count). The van der Waals surface area contributed by atoms with Gasteiger partial charge in [-0.25, -0.2) is 4.68 Å². The summed E-state index contributed by atoms with van der Waals surface area (Å²) in [5.41, 5.74) is 0.811. The number of hydrogen-bond acceptors (Lipinski definition) is 7. The Labute approximate surface area is 172 Å². The smallest absolute Gasteiger partial charge is 0.217 e. The monoisotopic (exact) mass is 420 g/mol. The molecule has 1 aromatic heterocycles. The maximum absolute atomic E-state index is 11.7. The molecule has 1 aliphatic heterocycles. The molecule has 0 radical (unpaired) electrons. The molecule has 1 fully saturated rings. The molecular formula is C19H24N4O5S. The van der Waals surface area contributed by atoms with Crippen LogP contribution in [0, 0.1) is 4.77 Å². The number of carbonyl (C=O) groups is 1. The van der Waals surface area contributed by atoms with Crippen LogP contribution in [0.1, 0.15) is 13.2 Å². The molecule has 10 heteroatoms. The van der Waals surface area contributed by atoms with Gasteiger partial charge < -0.3 is 25.4 Å². The Bertz CT molecular complexity index is 928. The summed E-state index contributed by atoms with van der Waals surface area (Å²) in [5.74, 6) is 0.138. The van der Waals surface area contributed by atoms with Crippen LogP contribution in [0.3, 0.4) is 0 Å². The number of aliphatic hydroxyl groups excluding tert-OH is 3. The van der Waals surface area contributed by atoms with Gasteiger partial charge in [-0.1, -0.05) is 36.4 Å². The molecule has 0 spiro atoms. The largest absolute Gasteiger partial charge is 0.394 e. The minimum atomic E-state index is -1.39. The van der Waals surface area contributed by atoms with Crippen LogP contribution < -0.4 is 5.32 Å². The number of nitrogens with one attached hydrogen (secondary N) is 1. The van der Waals surface area contributed by atoms with Crippen molar-refractivity contribution in [3.63, 3.8) is 0 Å². The number of amides is 1. The van der Waals surface area contributed by atoms with E-state index in [9.17, 15) is 20.1 Å². The highest BCUT2D eigenvalue weighted by Crippen LogP contribution is 2.30. The summed E-state index contributed by atoms with van der Waals surface area (Å²) in [6.45, 7) is 4.91. The highest BCUT2D eigenvalue weighted by molar-refractivity contribution is 7.71. The molecule has 1 aromatic carbocycles. The normalized spacial score (nSPS) is 26.8. The number of ether oxygens (including phenoxy) is 1. The van der Waals surface area contributed by atoms with E-state index in [1.807, 2.05) is 30.3 Å². The molecule has 2 aromatic rings. The predicted octanol–water partition coefficient (Wildman–Crippen LogP) is 0.383. The van der Waals surface area contributed by atoms with Crippen LogP contribution in [0.2, 0.25) is 0 Å². The zero-order valence-corrected chi connectivity index (χ0v) is 16.7. The second-order valence-corrected chi connectivity index (χ2v) is 7.14. The van der Waals surface area contributed by atoms with E-state index in [0.717, 1.165) is 5.56 Å². The Hall–Kier alpha value is -2.37. The molecule has 29 heavy (non-hydrogen) atoms. The Morgan fingerprint density at radius 1 is 1.34 bits per heavy atom. The maximum Gasteiger partial charge on any atom is 0.217 e. The molecule has 1 amide bonds. The number of hydrogen-bond donors (Lipinski definition) is 4. The van der Waals surface area contributed by atoms with E-state index in [2.05, 4.69) is 17.0 Å². The van der Waals surface area contributed by atoms with E-state index < -0.39 is 43.1 Å². The molecule has 1 aliphatic rings. The number of nitrogens with zero attached hydrogens (tertiary/aromatic N) is 3. The third-order valence-electron chi connectivity index (χ3n) is 4.74. The minimum Gasteiger partial charge on any atom is -0.394 e. The predicted molar refractivity (Wildman–Crippen MR) is 107 cm³/mol. The van der Waals surface area contributed by atoms with Gasteiger partial charge in [0.1, 0.15) is 24.4 Å². The van der Waals surface area contributed by atoms with Crippen LogP contribution >= 0.6 is 12.2 Å². The summed E-state index contributed by atoms with van der Waals surface area (Å²) in [6, 6.07) is 8.36. The van der Waals surface area contributed by atoms with E-state index in [1.54, 1.807) is 10.6 Å². The first-order valence-electron chi connectivity index (χ1n) is 9.14. The quantitative estimate of drug-likeness (QED) is 0.394. The van der Waals surface area contributed by atoms with Crippen molar-refractivity contribution < 1.29 is 24.9 Å². The average Bonchev–Trinajstić information content (AvgIpc) is 3.03. The van der Waals surface area contributed by atoms with Gasteiger partial charge in [-0.2, -0.15) is 0 Å². The van der Waals surface area contributed by atoms with Gasteiger partial charge in [-0.15, -0.1) is 11.7 Å². The topological polar surface area (TPSA) is 122 Å². The van der Waals surface area contributed by atoms with Gasteiger partial charge in [0.2, 0.25) is 10.7 Å². The Morgan fingerprint density at radius 3 is 2.62 bits per heavy atom. The highest BCUT2D eigenvalue weighted by atomic mass is 32.1. The zero-order valence-electron chi connectivity index (χ0n) is 15.9.